The molecule has 1 N–H and O–H groups in total. The van der Waals surface area contributed by atoms with Gasteiger partial charge in [-0.05, 0) is 72.8 Å². The number of hydrogen-bond acceptors (Lipinski definition) is 4. The molecule has 3 aromatic carbocycles. The van der Waals surface area contributed by atoms with Crippen molar-refractivity contribution < 1.29 is 14.0 Å². The Morgan fingerprint density at radius 3 is 2.29 bits per heavy atom. The Morgan fingerprint density at radius 1 is 0.842 bits per heavy atom. The third-order valence-electron chi connectivity index (χ3n) is 6.30. The van der Waals surface area contributed by atoms with E-state index in [0.29, 0.717) is 59.0 Å². The van der Waals surface area contributed by atoms with Gasteiger partial charge in [0, 0.05) is 54.1 Å². The van der Waals surface area contributed by atoms with Crippen LogP contribution < -0.4 is 10.2 Å². The van der Waals surface area contributed by atoms with Gasteiger partial charge in [-0.2, -0.15) is 0 Å². The van der Waals surface area contributed by atoms with E-state index in [1.165, 1.54) is 6.08 Å². The summed E-state index contributed by atoms with van der Waals surface area (Å²) in [7, 11) is 0. The second-order valence-corrected chi connectivity index (χ2v) is 9.69. The summed E-state index contributed by atoms with van der Waals surface area (Å²) in [6.07, 6.45) is 3.02. The predicted octanol–water partition coefficient (Wildman–Crippen LogP) is 6.87. The first-order chi connectivity index (χ1) is 18.5. The van der Waals surface area contributed by atoms with E-state index in [1.54, 1.807) is 30.3 Å². The van der Waals surface area contributed by atoms with Gasteiger partial charge in [0.2, 0.25) is 5.91 Å². The molecule has 0 spiro atoms. The lowest BCUT2D eigenvalue weighted by molar-refractivity contribution is -0.111. The number of rotatable bonds is 6. The van der Waals surface area contributed by atoms with Crippen molar-refractivity contribution in [2.75, 3.05) is 36.4 Å². The predicted molar refractivity (Wildman–Crippen MR) is 153 cm³/mol. The van der Waals surface area contributed by atoms with E-state index in [-0.39, 0.29) is 11.8 Å². The fraction of sp³-hybridized carbons (Fsp3) is 0.133. The Kier molecular flexibility index (Phi) is 7.82. The standard InChI is InChI=1S/C30H25Cl2N3O3/c31-23-8-6-21(7-9-23)28-14-11-25(38-28)12-15-29(36)33-24-10-13-27(26(32)20-24)34-16-18-35(19-17-34)30(37)22-4-2-1-3-5-22/h1-15,20H,16-19H2,(H,33,36). The molecule has 1 fully saturated rings. The topological polar surface area (TPSA) is 65.8 Å². The molecule has 0 atom stereocenters. The molecule has 4 aromatic rings. The highest BCUT2D eigenvalue weighted by Crippen LogP contribution is 2.30. The van der Waals surface area contributed by atoms with Crippen molar-refractivity contribution >= 4 is 52.5 Å². The molecule has 0 radical (unpaired) electrons. The Bertz CT molecular complexity index is 1460. The molecule has 38 heavy (non-hydrogen) atoms. The normalized spacial score (nSPS) is 13.6. The molecule has 6 nitrogen and oxygen atoms in total. The molecule has 1 aromatic heterocycles. The molecule has 1 saturated heterocycles. The van der Waals surface area contributed by atoms with Gasteiger partial charge in [-0.3, -0.25) is 9.59 Å². The lowest BCUT2D eigenvalue weighted by atomic mass is 10.1. The zero-order chi connectivity index (χ0) is 26.5. The van der Waals surface area contributed by atoms with Gasteiger partial charge < -0.3 is 19.5 Å². The molecule has 0 aliphatic carbocycles. The van der Waals surface area contributed by atoms with Gasteiger partial charge in [0.05, 0.1) is 10.7 Å². The van der Waals surface area contributed by atoms with Crippen molar-refractivity contribution in [1.29, 1.82) is 0 Å². The Morgan fingerprint density at radius 2 is 1.58 bits per heavy atom. The Balaban J connectivity index is 1.16. The van der Waals surface area contributed by atoms with Gasteiger partial charge in [-0.25, -0.2) is 0 Å². The number of hydrogen-bond donors (Lipinski definition) is 1. The lowest BCUT2D eigenvalue weighted by Crippen LogP contribution is -2.48. The zero-order valence-corrected chi connectivity index (χ0v) is 22.0. The van der Waals surface area contributed by atoms with Gasteiger partial charge in [0.1, 0.15) is 11.5 Å². The largest absolute Gasteiger partial charge is 0.457 e. The number of carbonyl (C=O) groups excluding carboxylic acids is 2. The monoisotopic (exact) mass is 545 g/mol. The maximum atomic E-state index is 12.7. The van der Waals surface area contributed by atoms with E-state index in [4.69, 9.17) is 27.6 Å². The van der Waals surface area contributed by atoms with Crippen molar-refractivity contribution in [1.82, 2.24) is 4.90 Å². The number of amides is 2. The minimum atomic E-state index is -0.300. The van der Waals surface area contributed by atoms with Gasteiger partial charge in [0.25, 0.3) is 5.91 Å². The van der Waals surface area contributed by atoms with Crippen LogP contribution in [0.1, 0.15) is 16.1 Å². The van der Waals surface area contributed by atoms with Crippen molar-refractivity contribution in [3.8, 4) is 11.3 Å². The highest BCUT2D eigenvalue weighted by Gasteiger charge is 2.23. The van der Waals surface area contributed by atoms with Crippen molar-refractivity contribution in [3.05, 3.63) is 112 Å². The summed E-state index contributed by atoms with van der Waals surface area (Å²) in [6, 6.07) is 25.7. The summed E-state index contributed by atoms with van der Waals surface area (Å²) in [4.78, 5) is 29.2. The number of anilines is 2. The second kappa shape index (κ2) is 11.6. The molecule has 8 heteroatoms. The van der Waals surface area contributed by atoms with Gasteiger partial charge >= 0.3 is 0 Å². The van der Waals surface area contributed by atoms with Crippen molar-refractivity contribution in [3.63, 3.8) is 0 Å². The number of nitrogens with one attached hydrogen (secondary N) is 1. The maximum Gasteiger partial charge on any atom is 0.253 e. The molecule has 2 amide bonds. The molecule has 2 heterocycles. The maximum absolute atomic E-state index is 12.7. The van der Waals surface area contributed by atoms with Crippen LogP contribution in [-0.4, -0.2) is 42.9 Å². The Hall–Kier alpha value is -4.00. The number of halogens is 2. The van der Waals surface area contributed by atoms with Crippen LogP contribution in [0, 0.1) is 0 Å². The van der Waals surface area contributed by atoms with Crippen LogP contribution in [0.2, 0.25) is 10.0 Å². The van der Waals surface area contributed by atoms with E-state index < -0.39 is 0 Å². The molecule has 192 valence electrons. The fourth-order valence-corrected chi connectivity index (χ4v) is 4.73. The number of benzene rings is 3. The van der Waals surface area contributed by atoms with Crippen molar-refractivity contribution in [2.24, 2.45) is 0 Å². The van der Waals surface area contributed by atoms with Crippen LogP contribution in [0.4, 0.5) is 11.4 Å². The molecule has 0 saturated carbocycles. The summed E-state index contributed by atoms with van der Waals surface area (Å²) in [5.41, 5.74) is 3.06. The van der Waals surface area contributed by atoms with Crippen LogP contribution in [0.15, 0.2) is 95.4 Å². The van der Waals surface area contributed by atoms with Crippen LogP contribution in [0.5, 0.6) is 0 Å². The molecule has 0 unspecified atom stereocenters. The van der Waals surface area contributed by atoms with E-state index in [9.17, 15) is 9.59 Å². The minimum absolute atomic E-state index is 0.0400. The first kappa shape index (κ1) is 25.6. The first-order valence-corrected chi connectivity index (χ1v) is 13.0. The lowest BCUT2D eigenvalue weighted by Gasteiger charge is -2.36. The molecule has 5 rings (SSSR count). The summed E-state index contributed by atoms with van der Waals surface area (Å²) in [5.74, 6) is 0.988. The third kappa shape index (κ3) is 6.10. The second-order valence-electron chi connectivity index (χ2n) is 8.84. The van der Waals surface area contributed by atoms with E-state index in [0.717, 1.165) is 11.3 Å². The highest BCUT2D eigenvalue weighted by atomic mass is 35.5. The van der Waals surface area contributed by atoms with Crippen LogP contribution in [-0.2, 0) is 4.79 Å². The van der Waals surface area contributed by atoms with Gasteiger partial charge in [0.15, 0.2) is 0 Å². The van der Waals surface area contributed by atoms with Crippen LogP contribution >= 0.6 is 23.2 Å². The average Bonchev–Trinajstić information content (AvgIpc) is 3.42. The molecular formula is C30H25Cl2N3O3. The van der Waals surface area contributed by atoms with Gasteiger partial charge in [-0.1, -0.05) is 41.4 Å². The number of carbonyl (C=O) groups is 2. The molecule has 0 bridgehead atoms. The first-order valence-electron chi connectivity index (χ1n) is 12.2. The molecule has 1 aliphatic rings. The van der Waals surface area contributed by atoms with E-state index in [2.05, 4.69) is 10.2 Å². The number of nitrogens with zero attached hydrogens (tertiary/aromatic N) is 2. The van der Waals surface area contributed by atoms with Crippen LogP contribution in [0.25, 0.3) is 17.4 Å². The van der Waals surface area contributed by atoms with Gasteiger partial charge in [-0.15, -0.1) is 0 Å². The molecular weight excluding hydrogens is 521 g/mol. The Labute approximate surface area is 231 Å². The van der Waals surface area contributed by atoms with Crippen LogP contribution in [0.3, 0.4) is 0 Å². The summed E-state index contributed by atoms with van der Waals surface area (Å²) in [6.45, 7) is 2.57. The number of piperazine rings is 1. The summed E-state index contributed by atoms with van der Waals surface area (Å²) >= 11 is 12.5. The zero-order valence-electron chi connectivity index (χ0n) is 20.4. The quantitative estimate of drug-likeness (QED) is 0.268. The molecule has 1 aliphatic heterocycles. The summed E-state index contributed by atoms with van der Waals surface area (Å²) < 4.78 is 5.80. The average molecular weight is 546 g/mol. The SMILES string of the molecule is O=C(C=Cc1ccc(-c2ccc(Cl)cc2)o1)Nc1ccc(N2CCN(C(=O)c3ccccc3)CC2)c(Cl)c1. The third-order valence-corrected chi connectivity index (χ3v) is 6.85. The highest BCUT2D eigenvalue weighted by molar-refractivity contribution is 6.33. The van der Waals surface area contributed by atoms with Crippen molar-refractivity contribution in [2.45, 2.75) is 0 Å². The van der Waals surface area contributed by atoms with E-state index in [1.807, 2.05) is 65.6 Å². The minimum Gasteiger partial charge on any atom is -0.457 e. The fourth-order valence-electron chi connectivity index (χ4n) is 4.31. The summed E-state index contributed by atoms with van der Waals surface area (Å²) in [5, 5.41) is 4.02. The van der Waals surface area contributed by atoms with E-state index >= 15 is 0 Å². The number of furan rings is 1. The smallest absolute Gasteiger partial charge is 0.253 e.